The Balaban J connectivity index is 1.87. The van der Waals surface area contributed by atoms with Gasteiger partial charge in [0.2, 0.25) is 0 Å². The zero-order valence-electron chi connectivity index (χ0n) is 12.2. The van der Waals surface area contributed by atoms with E-state index in [1.54, 1.807) is 41.7 Å². The van der Waals surface area contributed by atoms with Crippen molar-refractivity contribution in [2.24, 2.45) is 0 Å². The number of hydrogen-bond donors (Lipinski definition) is 0. The van der Waals surface area contributed by atoms with Crippen LogP contribution in [0.25, 0.3) is 10.2 Å². The Kier molecular flexibility index (Phi) is 4.22. The molecule has 0 aliphatic heterocycles. The Morgan fingerprint density at radius 1 is 1.32 bits per heavy atom. The van der Waals surface area contributed by atoms with E-state index in [0.29, 0.717) is 5.56 Å². The van der Waals surface area contributed by atoms with Crippen LogP contribution in [0.1, 0.15) is 28.3 Å². The van der Waals surface area contributed by atoms with E-state index in [1.165, 1.54) is 0 Å². The van der Waals surface area contributed by atoms with Gasteiger partial charge in [-0.2, -0.15) is 0 Å². The fourth-order valence-electron chi connectivity index (χ4n) is 2.14. The first-order chi connectivity index (χ1) is 10.6. The molecule has 2 heterocycles. The first-order valence-corrected chi connectivity index (χ1v) is 8.40. The minimum atomic E-state index is -0.0936. The lowest BCUT2D eigenvalue weighted by Gasteiger charge is -2.23. The molecule has 6 heteroatoms. The number of benzene rings is 1. The van der Waals surface area contributed by atoms with Gasteiger partial charge in [0.05, 0.1) is 21.8 Å². The molecular weight excluding hydrogens is 362 g/mol. The van der Waals surface area contributed by atoms with Crippen LogP contribution in [0.15, 0.2) is 47.2 Å². The third-order valence-corrected chi connectivity index (χ3v) is 5.16. The number of pyridine rings is 1. The summed E-state index contributed by atoms with van der Waals surface area (Å²) in [5.74, 6) is -0.0689. The lowest BCUT2D eigenvalue weighted by atomic mass is 10.2. The van der Waals surface area contributed by atoms with E-state index in [4.69, 9.17) is 0 Å². The number of amides is 1. The van der Waals surface area contributed by atoms with Gasteiger partial charge >= 0.3 is 0 Å². The van der Waals surface area contributed by atoms with E-state index in [0.717, 1.165) is 19.7 Å². The molecule has 0 spiro atoms. The Hall–Kier alpha value is -1.79. The molecule has 1 aromatic carbocycles. The summed E-state index contributed by atoms with van der Waals surface area (Å²) in [6, 6.07) is 9.68. The Morgan fingerprint density at radius 2 is 2.09 bits per heavy atom. The molecule has 0 unspecified atom stereocenters. The second-order valence-electron chi connectivity index (χ2n) is 5.00. The number of rotatable bonds is 3. The smallest absolute Gasteiger partial charge is 0.255 e. The second-order valence-corrected chi connectivity index (χ2v) is 6.98. The summed E-state index contributed by atoms with van der Waals surface area (Å²) in [5.41, 5.74) is 1.53. The van der Waals surface area contributed by atoms with Gasteiger partial charge in [-0.25, -0.2) is 4.98 Å². The van der Waals surface area contributed by atoms with Gasteiger partial charge in [-0.05, 0) is 41.1 Å². The van der Waals surface area contributed by atoms with Crippen molar-refractivity contribution in [3.8, 4) is 0 Å². The number of para-hydroxylation sites is 1. The molecule has 0 saturated carbocycles. The van der Waals surface area contributed by atoms with Gasteiger partial charge in [0.1, 0.15) is 5.01 Å². The molecular formula is C16H14BrN3OS. The first kappa shape index (κ1) is 15.1. The van der Waals surface area contributed by atoms with Crippen LogP contribution in [0.5, 0.6) is 0 Å². The topological polar surface area (TPSA) is 46.1 Å². The van der Waals surface area contributed by atoms with E-state index in [9.17, 15) is 4.79 Å². The van der Waals surface area contributed by atoms with Crippen molar-refractivity contribution in [3.05, 3.63) is 57.8 Å². The van der Waals surface area contributed by atoms with Crippen molar-refractivity contribution >= 4 is 43.4 Å². The van der Waals surface area contributed by atoms with E-state index < -0.39 is 0 Å². The number of thiazole rings is 1. The van der Waals surface area contributed by atoms with E-state index >= 15 is 0 Å². The molecule has 3 aromatic rings. The normalized spacial score (nSPS) is 12.3. The van der Waals surface area contributed by atoms with Crippen LogP contribution in [0.2, 0.25) is 0 Å². The van der Waals surface area contributed by atoms with Crippen LogP contribution < -0.4 is 0 Å². The molecule has 1 atom stereocenters. The molecule has 0 radical (unpaired) electrons. The Labute approximate surface area is 140 Å². The fourth-order valence-corrected chi connectivity index (χ4v) is 3.57. The summed E-state index contributed by atoms with van der Waals surface area (Å²) in [6.45, 7) is 1.99. The second kappa shape index (κ2) is 6.14. The van der Waals surface area contributed by atoms with E-state index in [-0.39, 0.29) is 11.9 Å². The van der Waals surface area contributed by atoms with Gasteiger partial charge < -0.3 is 4.90 Å². The predicted molar refractivity (Wildman–Crippen MR) is 92.1 cm³/mol. The first-order valence-electron chi connectivity index (χ1n) is 6.79. The summed E-state index contributed by atoms with van der Waals surface area (Å²) >= 11 is 4.96. The molecule has 0 bridgehead atoms. The zero-order valence-corrected chi connectivity index (χ0v) is 14.6. The van der Waals surface area contributed by atoms with Crippen LogP contribution in [-0.4, -0.2) is 27.8 Å². The van der Waals surface area contributed by atoms with Crippen LogP contribution in [0.4, 0.5) is 0 Å². The van der Waals surface area contributed by atoms with Crippen molar-refractivity contribution in [2.75, 3.05) is 7.05 Å². The molecule has 4 nitrogen and oxygen atoms in total. The minimum absolute atomic E-state index is 0.0689. The maximum Gasteiger partial charge on any atom is 0.255 e. The molecule has 2 aromatic heterocycles. The van der Waals surface area contributed by atoms with Gasteiger partial charge in [0.25, 0.3) is 5.91 Å². The SMILES string of the molecule is C[C@H](c1nc2ccccc2s1)N(C)C(=O)c1cncc(Br)c1. The predicted octanol–water partition coefficient (Wildman–Crippen LogP) is 4.29. The number of halogens is 1. The molecule has 3 rings (SSSR count). The van der Waals surface area contributed by atoms with Crippen molar-refractivity contribution in [1.82, 2.24) is 14.9 Å². The summed E-state index contributed by atoms with van der Waals surface area (Å²) in [4.78, 5) is 22.9. The van der Waals surface area contributed by atoms with Gasteiger partial charge in [0, 0.05) is 23.9 Å². The van der Waals surface area contributed by atoms with Crippen LogP contribution in [0, 0.1) is 0 Å². The monoisotopic (exact) mass is 375 g/mol. The van der Waals surface area contributed by atoms with Crippen LogP contribution in [0.3, 0.4) is 0 Å². The summed E-state index contributed by atoms with van der Waals surface area (Å²) in [5, 5.41) is 0.931. The van der Waals surface area contributed by atoms with E-state index in [2.05, 4.69) is 25.9 Å². The standard InChI is InChI=1S/C16H14BrN3OS/c1-10(15-19-13-5-3-4-6-14(13)22-15)20(2)16(21)11-7-12(17)9-18-8-11/h3-10H,1-2H3/t10-/m1/s1. The van der Waals surface area contributed by atoms with E-state index in [1.807, 2.05) is 31.2 Å². The van der Waals surface area contributed by atoms with Gasteiger partial charge in [0.15, 0.2) is 0 Å². The van der Waals surface area contributed by atoms with Crippen LogP contribution >= 0.6 is 27.3 Å². The van der Waals surface area contributed by atoms with Crippen molar-refractivity contribution in [1.29, 1.82) is 0 Å². The molecule has 0 fully saturated rings. The molecule has 22 heavy (non-hydrogen) atoms. The van der Waals surface area contributed by atoms with Crippen LogP contribution in [-0.2, 0) is 0 Å². The number of nitrogens with zero attached hydrogens (tertiary/aromatic N) is 3. The number of carbonyl (C=O) groups excluding carboxylic acids is 1. The minimum Gasteiger partial charge on any atom is -0.332 e. The average Bonchev–Trinajstić information content (AvgIpc) is 2.96. The van der Waals surface area contributed by atoms with Gasteiger partial charge in [-0.3, -0.25) is 9.78 Å². The van der Waals surface area contributed by atoms with Crippen molar-refractivity contribution in [2.45, 2.75) is 13.0 Å². The molecule has 0 saturated heterocycles. The van der Waals surface area contributed by atoms with Crippen molar-refractivity contribution < 1.29 is 4.79 Å². The average molecular weight is 376 g/mol. The Morgan fingerprint density at radius 3 is 2.82 bits per heavy atom. The summed E-state index contributed by atoms with van der Waals surface area (Å²) in [6.07, 6.45) is 3.24. The molecule has 1 amide bonds. The highest BCUT2D eigenvalue weighted by molar-refractivity contribution is 9.10. The lowest BCUT2D eigenvalue weighted by Crippen LogP contribution is -2.29. The molecule has 0 aliphatic carbocycles. The maximum atomic E-state index is 12.6. The number of aromatic nitrogens is 2. The molecule has 0 N–H and O–H groups in total. The third kappa shape index (κ3) is 2.89. The fraction of sp³-hybridized carbons (Fsp3) is 0.188. The number of hydrogen-bond acceptors (Lipinski definition) is 4. The number of fused-ring (bicyclic) bond motifs is 1. The zero-order chi connectivity index (χ0) is 15.7. The lowest BCUT2D eigenvalue weighted by molar-refractivity contribution is 0.0742. The highest BCUT2D eigenvalue weighted by Crippen LogP contribution is 2.29. The highest BCUT2D eigenvalue weighted by Gasteiger charge is 2.22. The molecule has 112 valence electrons. The van der Waals surface area contributed by atoms with Gasteiger partial charge in [-0.15, -0.1) is 11.3 Å². The largest absolute Gasteiger partial charge is 0.332 e. The third-order valence-electron chi connectivity index (χ3n) is 3.52. The summed E-state index contributed by atoms with van der Waals surface area (Å²) < 4.78 is 1.92. The number of carbonyl (C=O) groups is 1. The maximum absolute atomic E-state index is 12.6. The highest BCUT2D eigenvalue weighted by atomic mass is 79.9. The van der Waals surface area contributed by atoms with Gasteiger partial charge in [-0.1, -0.05) is 12.1 Å². The summed E-state index contributed by atoms with van der Waals surface area (Å²) in [7, 11) is 1.79. The molecule has 0 aliphatic rings. The van der Waals surface area contributed by atoms with Crippen molar-refractivity contribution in [3.63, 3.8) is 0 Å². The Bertz CT molecular complexity index is 800. The quantitative estimate of drug-likeness (QED) is 0.685.